The van der Waals surface area contributed by atoms with E-state index in [2.05, 4.69) is 26.1 Å². The van der Waals surface area contributed by atoms with E-state index in [1.54, 1.807) is 7.11 Å². The minimum Gasteiger partial charge on any atom is -0.497 e. The average molecular weight is 256 g/mol. The Balaban J connectivity index is 2.96. The van der Waals surface area contributed by atoms with E-state index in [1.165, 1.54) is 0 Å². The minimum atomic E-state index is 0.261. The van der Waals surface area contributed by atoms with Gasteiger partial charge >= 0.3 is 0 Å². The highest BCUT2D eigenvalue weighted by Gasteiger charge is 2.20. The lowest BCUT2D eigenvalue weighted by molar-refractivity contribution is 0.320. The lowest BCUT2D eigenvalue weighted by atomic mass is 9.85. The van der Waals surface area contributed by atoms with Crippen LogP contribution in [0.3, 0.4) is 0 Å². The fraction of sp³-hybridized carbons (Fsp3) is 0.571. The van der Waals surface area contributed by atoms with Gasteiger partial charge in [-0.05, 0) is 36.6 Å². The van der Waals surface area contributed by atoms with Crippen molar-refractivity contribution in [3.8, 4) is 5.75 Å². The number of nitrogens with one attached hydrogen (secondary N) is 1. The highest BCUT2D eigenvalue weighted by molar-refractivity contribution is 6.31. The topological polar surface area (TPSA) is 21.3 Å². The molecule has 1 rings (SSSR count). The van der Waals surface area contributed by atoms with Gasteiger partial charge in [0.25, 0.3) is 0 Å². The van der Waals surface area contributed by atoms with Gasteiger partial charge in [-0.25, -0.2) is 0 Å². The van der Waals surface area contributed by atoms with E-state index in [0.29, 0.717) is 0 Å². The summed E-state index contributed by atoms with van der Waals surface area (Å²) in [6, 6.07) is 6.13. The van der Waals surface area contributed by atoms with Gasteiger partial charge in [-0.1, -0.05) is 38.4 Å². The van der Waals surface area contributed by atoms with Crippen LogP contribution in [0.1, 0.15) is 38.8 Å². The molecular weight excluding hydrogens is 234 g/mol. The number of halogens is 1. The summed E-state index contributed by atoms with van der Waals surface area (Å²) in [6.45, 7) is 6.69. The fourth-order valence-corrected chi connectivity index (χ4v) is 2.20. The first-order valence-electron chi connectivity index (χ1n) is 5.88. The van der Waals surface area contributed by atoms with Gasteiger partial charge in [0.05, 0.1) is 7.11 Å². The van der Waals surface area contributed by atoms with Crippen molar-refractivity contribution in [2.75, 3.05) is 14.2 Å². The normalized spacial score (nSPS) is 13.5. The molecule has 1 N–H and O–H groups in total. The lowest BCUT2D eigenvalue weighted by Gasteiger charge is -2.26. The first kappa shape index (κ1) is 14.3. The molecule has 1 unspecified atom stereocenters. The van der Waals surface area contributed by atoms with E-state index in [0.717, 1.165) is 22.8 Å². The second-order valence-electron chi connectivity index (χ2n) is 5.49. The summed E-state index contributed by atoms with van der Waals surface area (Å²) in [6.07, 6.45) is 1.04. The molecule has 0 fully saturated rings. The predicted molar refractivity (Wildman–Crippen MR) is 73.9 cm³/mol. The van der Waals surface area contributed by atoms with Crippen LogP contribution in [0.2, 0.25) is 5.02 Å². The maximum Gasteiger partial charge on any atom is 0.120 e. The molecule has 2 nitrogen and oxygen atoms in total. The first-order valence-corrected chi connectivity index (χ1v) is 6.26. The molecule has 17 heavy (non-hydrogen) atoms. The zero-order chi connectivity index (χ0) is 13.1. The van der Waals surface area contributed by atoms with E-state index < -0.39 is 0 Å². The van der Waals surface area contributed by atoms with Crippen LogP contribution in [0, 0.1) is 5.41 Å². The molecule has 96 valence electrons. The van der Waals surface area contributed by atoms with Crippen LogP contribution in [0.25, 0.3) is 0 Å². The summed E-state index contributed by atoms with van der Waals surface area (Å²) in [5.74, 6) is 0.796. The predicted octanol–water partition coefficient (Wildman–Crippen LogP) is 4.05. The van der Waals surface area contributed by atoms with Crippen LogP contribution in [0.4, 0.5) is 0 Å². The van der Waals surface area contributed by atoms with E-state index in [-0.39, 0.29) is 11.5 Å². The maximum atomic E-state index is 6.29. The van der Waals surface area contributed by atoms with Crippen LogP contribution in [-0.2, 0) is 0 Å². The van der Waals surface area contributed by atoms with Gasteiger partial charge in [-0.15, -0.1) is 0 Å². The van der Waals surface area contributed by atoms with Crippen LogP contribution in [0.5, 0.6) is 5.75 Å². The molecule has 0 saturated carbocycles. The molecule has 3 heteroatoms. The van der Waals surface area contributed by atoms with E-state index in [4.69, 9.17) is 16.3 Å². The lowest BCUT2D eigenvalue weighted by Crippen LogP contribution is -2.22. The molecule has 0 aliphatic heterocycles. The minimum absolute atomic E-state index is 0.261. The summed E-state index contributed by atoms with van der Waals surface area (Å²) in [5, 5.41) is 4.09. The monoisotopic (exact) mass is 255 g/mol. The molecule has 0 amide bonds. The van der Waals surface area contributed by atoms with Crippen molar-refractivity contribution in [3.05, 3.63) is 28.8 Å². The SMILES string of the molecule is CNC(CC(C)(C)C)c1ccc(OC)cc1Cl. The molecule has 0 saturated heterocycles. The Morgan fingerprint density at radius 3 is 2.41 bits per heavy atom. The van der Waals surface area contributed by atoms with Gasteiger partial charge in [-0.2, -0.15) is 0 Å². The Morgan fingerprint density at radius 1 is 1.35 bits per heavy atom. The maximum absolute atomic E-state index is 6.29. The van der Waals surface area contributed by atoms with Crippen LogP contribution in [0.15, 0.2) is 18.2 Å². The summed E-state index contributed by atoms with van der Waals surface area (Å²) in [5.41, 5.74) is 1.39. The molecule has 0 aromatic heterocycles. The van der Waals surface area contributed by atoms with Gasteiger partial charge in [0.15, 0.2) is 0 Å². The largest absolute Gasteiger partial charge is 0.497 e. The third-order valence-electron chi connectivity index (χ3n) is 2.75. The van der Waals surface area contributed by atoms with Crippen molar-refractivity contribution >= 4 is 11.6 Å². The highest BCUT2D eigenvalue weighted by atomic mass is 35.5. The van der Waals surface area contributed by atoms with Crippen molar-refractivity contribution in [1.82, 2.24) is 5.32 Å². The summed E-state index contributed by atoms with van der Waals surface area (Å²) in [7, 11) is 3.62. The molecule has 1 aromatic carbocycles. The van der Waals surface area contributed by atoms with E-state index >= 15 is 0 Å². The Morgan fingerprint density at radius 2 is 2.00 bits per heavy atom. The first-order chi connectivity index (χ1) is 7.87. The number of hydrogen-bond acceptors (Lipinski definition) is 2. The van der Waals surface area contributed by atoms with Crippen LogP contribution < -0.4 is 10.1 Å². The second-order valence-corrected chi connectivity index (χ2v) is 5.90. The standard InChI is InChI=1S/C14H22ClNO/c1-14(2,3)9-13(16-4)11-7-6-10(17-5)8-12(11)15/h6-8,13,16H,9H2,1-5H3. The molecule has 0 aliphatic rings. The summed E-state index contributed by atoms with van der Waals surface area (Å²) < 4.78 is 5.16. The van der Waals surface area contributed by atoms with Gasteiger partial charge < -0.3 is 10.1 Å². The van der Waals surface area contributed by atoms with Gasteiger partial charge in [0, 0.05) is 11.1 Å². The number of ether oxygens (including phenoxy) is 1. The highest BCUT2D eigenvalue weighted by Crippen LogP contribution is 2.34. The average Bonchev–Trinajstić information content (AvgIpc) is 2.24. The van der Waals surface area contributed by atoms with Crippen molar-refractivity contribution in [2.24, 2.45) is 5.41 Å². The Kier molecular flexibility index (Phi) is 4.84. The van der Waals surface area contributed by atoms with Gasteiger partial charge in [-0.3, -0.25) is 0 Å². The third kappa shape index (κ3) is 4.21. The van der Waals surface area contributed by atoms with Crippen molar-refractivity contribution in [3.63, 3.8) is 0 Å². The van der Waals surface area contributed by atoms with E-state index in [1.807, 2.05) is 25.2 Å². The smallest absolute Gasteiger partial charge is 0.120 e. The molecule has 1 aromatic rings. The number of hydrogen-bond donors (Lipinski definition) is 1. The van der Waals surface area contributed by atoms with Crippen molar-refractivity contribution in [1.29, 1.82) is 0 Å². The second kappa shape index (κ2) is 5.74. The Bertz CT molecular complexity index is 371. The molecule has 0 heterocycles. The quantitative estimate of drug-likeness (QED) is 0.877. The molecule has 0 aliphatic carbocycles. The zero-order valence-electron chi connectivity index (χ0n) is 11.3. The molecule has 0 spiro atoms. The molecular formula is C14H22ClNO. The molecule has 0 radical (unpaired) electrons. The van der Waals surface area contributed by atoms with Crippen molar-refractivity contribution in [2.45, 2.75) is 33.2 Å². The van der Waals surface area contributed by atoms with Crippen LogP contribution >= 0.6 is 11.6 Å². The van der Waals surface area contributed by atoms with Gasteiger partial charge in [0.2, 0.25) is 0 Å². The van der Waals surface area contributed by atoms with E-state index in [9.17, 15) is 0 Å². The number of benzene rings is 1. The number of rotatable bonds is 4. The fourth-order valence-electron chi connectivity index (χ4n) is 1.90. The number of methoxy groups -OCH3 is 1. The van der Waals surface area contributed by atoms with Crippen LogP contribution in [-0.4, -0.2) is 14.2 Å². The molecule has 0 bridgehead atoms. The zero-order valence-corrected chi connectivity index (χ0v) is 12.1. The van der Waals surface area contributed by atoms with Crippen molar-refractivity contribution < 1.29 is 4.74 Å². The third-order valence-corrected chi connectivity index (χ3v) is 3.08. The Hall–Kier alpha value is -0.730. The van der Waals surface area contributed by atoms with Gasteiger partial charge in [0.1, 0.15) is 5.75 Å². The summed E-state index contributed by atoms with van der Waals surface area (Å²) >= 11 is 6.29. The molecule has 1 atom stereocenters. The summed E-state index contributed by atoms with van der Waals surface area (Å²) in [4.78, 5) is 0. The Labute approximate surface area is 109 Å².